The van der Waals surface area contributed by atoms with Gasteiger partial charge in [-0.25, -0.2) is 4.98 Å². The van der Waals surface area contributed by atoms with Crippen LogP contribution in [0.15, 0.2) is 42.2 Å². The van der Waals surface area contributed by atoms with Crippen LogP contribution >= 0.6 is 18.9 Å². The maximum atomic E-state index is 12.8. The summed E-state index contributed by atoms with van der Waals surface area (Å²) < 4.78 is 16.5. The quantitative estimate of drug-likeness (QED) is 0.412. The molecule has 3 N–H and O–H groups in total. The number of aromatic nitrogens is 2. The minimum absolute atomic E-state index is 0.232. The highest BCUT2D eigenvalue weighted by Gasteiger charge is 2.30. The Bertz CT molecular complexity index is 1080. The molecule has 3 aromatic rings. The van der Waals surface area contributed by atoms with Gasteiger partial charge in [-0.05, 0) is 35.4 Å². The van der Waals surface area contributed by atoms with Crippen molar-refractivity contribution in [2.45, 2.75) is 13.0 Å². The number of benzene rings is 1. The summed E-state index contributed by atoms with van der Waals surface area (Å²) in [6.45, 7) is 0.368. The van der Waals surface area contributed by atoms with Crippen LogP contribution in [0.2, 0.25) is 0 Å². The van der Waals surface area contributed by atoms with Gasteiger partial charge in [0.15, 0.2) is 6.35 Å². The lowest BCUT2D eigenvalue weighted by molar-refractivity contribution is 0.0950. The molecule has 10 heteroatoms. The Balaban J connectivity index is 1.63. The number of carbonyl (C=O) groups excluding carboxylic acids is 1. The number of amides is 1. The van der Waals surface area contributed by atoms with Crippen LogP contribution < -0.4 is 10.1 Å². The van der Waals surface area contributed by atoms with Gasteiger partial charge in [0.25, 0.3) is 5.91 Å². The normalized spacial score (nSPS) is 12.4. The summed E-state index contributed by atoms with van der Waals surface area (Å²) in [5.41, 5.74) is 5.21. The Labute approximate surface area is 164 Å². The lowest BCUT2D eigenvalue weighted by atomic mass is 10.0. The smallest absolute Gasteiger partial charge is 0.362 e. The standard InChI is InChI=1S/C18H16N3O5PS/c22-18(20-8-11-3-5-19-6-4-11)12-1-2-14(26-10-27(23,24)25)16-13(12)7-15-17(16)21-9-28-15/h1-6,9H,7-8,10H2,(H,20,22)(H2,23,24,25). The number of rotatable bonds is 6. The summed E-state index contributed by atoms with van der Waals surface area (Å²) in [6, 6.07) is 6.83. The minimum atomic E-state index is -4.33. The van der Waals surface area contributed by atoms with Crippen molar-refractivity contribution in [2.75, 3.05) is 6.35 Å². The summed E-state index contributed by atoms with van der Waals surface area (Å²) >= 11 is 1.47. The van der Waals surface area contributed by atoms with Gasteiger partial charge < -0.3 is 19.8 Å². The molecule has 0 aliphatic heterocycles. The van der Waals surface area contributed by atoms with Gasteiger partial charge in [0.2, 0.25) is 0 Å². The number of nitrogens with zero attached hydrogens (tertiary/aromatic N) is 2. The molecular weight excluding hydrogens is 401 g/mol. The molecule has 2 heterocycles. The topological polar surface area (TPSA) is 122 Å². The number of thiazole rings is 1. The van der Waals surface area contributed by atoms with E-state index in [9.17, 15) is 9.36 Å². The van der Waals surface area contributed by atoms with Crippen molar-refractivity contribution in [3.8, 4) is 17.0 Å². The molecule has 1 aliphatic rings. The third kappa shape index (κ3) is 3.83. The molecule has 4 rings (SSSR count). The molecule has 0 saturated heterocycles. The largest absolute Gasteiger partial charge is 0.480 e. The summed E-state index contributed by atoms with van der Waals surface area (Å²) in [7, 11) is -4.33. The fraction of sp³-hybridized carbons (Fsp3) is 0.167. The Morgan fingerprint density at radius 2 is 2.04 bits per heavy atom. The SMILES string of the molecule is O=C(NCc1ccncc1)c1ccc(OCP(=O)(O)O)c2c1Cc1scnc1-2. The number of nitrogens with one attached hydrogen (secondary N) is 1. The van der Waals surface area contributed by atoms with E-state index in [1.54, 1.807) is 30.0 Å². The summed E-state index contributed by atoms with van der Waals surface area (Å²) in [4.78, 5) is 40.3. The molecule has 0 unspecified atom stereocenters. The van der Waals surface area contributed by atoms with E-state index in [-0.39, 0.29) is 5.91 Å². The molecule has 1 aromatic carbocycles. The first-order chi connectivity index (χ1) is 13.4. The van der Waals surface area contributed by atoms with Crippen LogP contribution in [0.25, 0.3) is 11.3 Å². The van der Waals surface area contributed by atoms with Gasteiger partial charge in [0.1, 0.15) is 5.75 Å². The fourth-order valence-electron chi connectivity index (χ4n) is 3.09. The van der Waals surface area contributed by atoms with E-state index in [2.05, 4.69) is 15.3 Å². The average molecular weight is 417 g/mol. The van der Waals surface area contributed by atoms with Gasteiger partial charge in [-0.15, -0.1) is 11.3 Å². The lowest BCUT2D eigenvalue weighted by Crippen LogP contribution is -2.24. The second-order valence-corrected chi connectivity index (χ2v) is 8.77. The highest BCUT2D eigenvalue weighted by atomic mass is 32.1. The first kappa shape index (κ1) is 18.8. The van der Waals surface area contributed by atoms with E-state index < -0.39 is 13.9 Å². The summed E-state index contributed by atoms with van der Waals surface area (Å²) in [5, 5.41) is 2.89. The van der Waals surface area contributed by atoms with Gasteiger partial charge >= 0.3 is 7.60 Å². The van der Waals surface area contributed by atoms with Crippen molar-refractivity contribution in [1.29, 1.82) is 0 Å². The third-order valence-electron chi connectivity index (χ3n) is 4.32. The second-order valence-electron chi connectivity index (χ2n) is 6.24. The molecule has 0 radical (unpaired) electrons. The summed E-state index contributed by atoms with van der Waals surface area (Å²) in [6.07, 6.45) is 3.12. The summed E-state index contributed by atoms with van der Waals surface area (Å²) in [5.74, 6) is 0.0819. The van der Waals surface area contributed by atoms with Crippen molar-refractivity contribution in [3.05, 3.63) is 63.7 Å². The molecule has 2 aromatic heterocycles. The monoisotopic (exact) mass is 417 g/mol. The van der Waals surface area contributed by atoms with Crippen LogP contribution in [-0.2, 0) is 17.5 Å². The lowest BCUT2D eigenvalue weighted by Gasteiger charge is -2.15. The highest BCUT2D eigenvalue weighted by Crippen LogP contribution is 2.46. The molecule has 0 atom stereocenters. The third-order valence-corrected chi connectivity index (χ3v) is 5.62. The number of carbonyl (C=O) groups is 1. The molecule has 0 spiro atoms. The number of ether oxygens (including phenoxy) is 1. The van der Waals surface area contributed by atoms with E-state index in [4.69, 9.17) is 14.5 Å². The van der Waals surface area contributed by atoms with Crippen molar-refractivity contribution in [2.24, 2.45) is 0 Å². The van der Waals surface area contributed by atoms with Gasteiger partial charge in [0, 0.05) is 41.4 Å². The molecule has 0 fully saturated rings. The van der Waals surface area contributed by atoms with E-state index >= 15 is 0 Å². The van der Waals surface area contributed by atoms with E-state index in [0.717, 1.165) is 16.0 Å². The maximum Gasteiger partial charge on any atom is 0.362 e. The molecule has 1 aliphatic carbocycles. The predicted octanol–water partition coefficient (Wildman–Crippen LogP) is 2.55. The zero-order valence-electron chi connectivity index (χ0n) is 14.5. The second kappa shape index (κ2) is 7.44. The molecular formula is C18H16N3O5PS. The van der Waals surface area contributed by atoms with E-state index in [1.165, 1.54) is 11.3 Å². The van der Waals surface area contributed by atoms with Crippen molar-refractivity contribution in [1.82, 2.24) is 15.3 Å². The Kier molecular flexibility index (Phi) is 4.99. The van der Waals surface area contributed by atoms with Crippen molar-refractivity contribution >= 4 is 24.8 Å². The van der Waals surface area contributed by atoms with Crippen LogP contribution in [-0.4, -0.2) is 32.0 Å². The average Bonchev–Trinajstić information content (AvgIpc) is 3.26. The van der Waals surface area contributed by atoms with Crippen LogP contribution in [0.3, 0.4) is 0 Å². The minimum Gasteiger partial charge on any atom is -0.480 e. The number of fused-ring (bicyclic) bond motifs is 3. The number of hydrogen-bond acceptors (Lipinski definition) is 6. The van der Waals surface area contributed by atoms with Crippen molar-refractivity contribution < 1.29 is 23.9 Å². The van der Waals surface area contributed by atoms with E-state index in [1.807, 2.05) is 12.1 Å². The molecule has 0 bridgehead atoms. The van der Waals surface area contributed by atoms with Gasteiger partial charge in [-0.2, -0.15) is 0 Å². The van der Waals surface area contributed by atoms with Gasteiger partial charge in [-0.1, -0.05) is 0 Å². The first-order valence-electron chi connectivity index (χ1n) is 8.35. The molecule has 0 saturated carbocycles. The highest BCUT2D eigenvalue weighted by molar-refractivity contribution is 7.51. The van der Waals surface area contributed by atoms with Crippen LogP contribution in [0.1, 0.15) is 26.4 Å². The number of pyridine rings is 1. The fourth-order valence-corrected chi connectivity index (χ4v) is 4.18. The number of hydrogen-bond donors (Lipinski definition) is 3. The van der Waals surface area contributed by atoms with Crippen molar-refractivity contribution in [3.63, 3.8) is 0 Å². The molecule has 28 heavy (non-hydrogen) atoms. The van der Waals surface area contributed by atoms with E-state index in [0.29, 0.717) is 35.5 Å². The predicted molar refractivity (Wildman–Crippen MR) is 103 cm³/mol. The van der Waals surface area contributed by atoms with Gasteiger partial charge in [0.05, 0.1) is 11.2 Å². The molecule has 144 valence electrons. The van der Waals surface area contributed by atoms with Crippen LogP contribution in [0.5, 0.6) is 5.75 Å². The van der Waals surface area contributed by atoms with Crippen LogP contribution in [0, 0.1) is 0 Å². The zero-order chi connectivity index (χ0) is 19.7. The Hall–Kier alpha value is -2.58. The van der Waals surface area contributed by atoms with Crippen LogP contribution in [0.4, 0.5) is 0 Å². The maximum absolute atomic E-state index is 12.8. The Morgan fingerprint density at radius 3 is 2.79 bits per heavy atom. The van der Waals surface area contributed by atoms with Gasteiger partial charge in [-0.3, -0.25) is 14.3 Å². The molecule has 1 amide bonds. The first-order valence-corrected chi connectivity index (χ1v) is 11.0. The zero-order valence-corrected chi connectivity index (χ0v) is 16.2. The Morgan fingerprint density at radius 1 is 1.25 bits per heavy atom. The molecule has 8 nitrogen and oxygen atoms in total.